The lowest BCUT2D eigenvalue weighted by molar-refractivity contribution is 1.10. The lowest BCUT2D eigenvalue weighted by Crippen LogP contribution is -2.00. The molecule has 3 fully saturated rings. The molecule has 0 bridgehead atoms. The van der Waals surface area contributed by atoms with Crippen LogP contribution in [-0.4, -0.2) is 46.9 Å². The molecule has 3 saturated heterocycles. The first-order valence-corrected chi connectivity index (χ1v) is 14.4. The molecule has 0 nitrogen and oxygen atoms in total. The molecular formula is C13H26S7. The number of rotatable bonds is 0. The normalized spacial score (nSPS) is 25.4. The zero-order valence-electron chi connectivity index (χ0n) is 12.5. The largest absolute Gasteiger partial charge is 0.148 e. The Morgan fingerprint density at radius 3 is 1.15 bits per heavy atom. The van der Waals surface area contributed by atoms with Gasteiger partial charge in [-0.2, -0.15) is 0 Å². The van der Waals surface area contributed by atoms with Crippen molar-refractivity contribution in [1.29, 1.82) is 0 Å². The Kier molecular flexibility index (Phi) is 14.2. The third-order valence-corrected chi connectivity index (χ3v) is 12.4. The number of hydrogen-bond acceptors (Lipinski definition) is 7. The zero-order chi connectivity index (χ0) is 14.6. The lowest BCUT2D eigenvalue weighted by atomic mass is 10.6. The maximum absolute atomic E-state index is 2.29. The summed E-state index contributed by atoms with van der Waals surface area (Å²) >= 11 is 14.4. The van der Waals surface area contributed by atoms with Crippen LogP contribution in [0.2, 0.25) is 0 Å². The Balaban J connectivity index is 0.000000151. The Hall–Kier alpha value is 2.45. The van der Waals surface area contributed by atoms with Crippen LogP contribution in [0.1, 0.15) is 27.2 Å². The minimum Gasteiger partial charge on any atom is -0.148 e. The second-order valence-corrected chi connectivity index (χ2v) is 15.4. The molecule has 3 heterocycles. The molecule has 0 amide bonds. The fourth-order valence-electron chi connectivity index (χ4n) is 1.45. The molecule has 120 valence electrons. The fraction of sp³-hybridized carbons (Fsp3) is 1.00. The molecule has 0 unspecified atom stereocenters. The van der Waals surface area contributed by atoms with E-state index in [9.17, 15) is 0 Å². The van der Waals surface area contributed by atoms with Gasteiger partial charge in [0.1, 0.15) is 0 Å². The van der Waals surface area contributed by atoms with Gasteiger partial charge in [0.15, 0.2) is 0 Å². The molecule has 0 spiro atoms. The lowest BCUT2D eigenvalue weighted by Gasteiger charge is -2.15. The van der Waals surface area contributed by atoms with Crippen molar-refractivity contribution in [2.45, 2.75) is 40.9 Å². The van der Waals surface area contributed by atoms with E-state index in [1.54, 1.807) is 0 Å². The summed E-state index contributed by atoms with van der Waals surface area (Å²) in [5, 5.41) is 2.60. The molecule has 0 saturated carbocycles. The van der Waals surface area contributed by atoms with Gasteiger partial charge in [-0.1, -0.05) is 0 Å². The second kappa shape index (κ2) is 13.8. The molecule has 0 radical (unpaired) electrons. The van der Waals surface area contributed by atoms with Crippen molar-refractivity contribution in [2.24, 2.45) is 0 Å². The smallest absolute Gasteiger partial charge is 0.0490 e. The van der Waals surface area contributed by atoms with Crippen LogP contribution in [0.3, 0.4) is 0 Å². The van der Waals surface area contributed by atoms with Gasteiger partial charge in [0.05, 0.1) is 0 Å². The van der Waals surface area contributed by atoms with Gasteiger partial charge in [-0.05, 0) is 38.7 Å². The standard InChI is InChI=1S/C5H10S2.C4H8S3.C4H8S2/c1-5-6-3-2-4-7-5;1-4-6-2-5-3-7-4;1-4-5-2-3-6-4/h5H,2-4H2,1H3;4H,2-3H2,1H3;4H,2-3H2,1H3. The molecule has 7 heteroatoms. The van der Waals surface area contributed by atoms with Crippen molar-refractivity contribution in [3.63, 3.8) is 0 Å². The second-order valence-electron chi connectivity index (χ2n) is 4.31. The van der Waals surface area contributed by atoms with Crippen LogP contribution >= 0.6 is 82.3 Å². The highest BCUT2D eigenvalue weighted by Gasteiger charge is 2.08. The van der Waals surface area contributed by atoms with Crippen LogP contribution < -0.4 is 0 Å². The van der Waals surface area contributed by atoms with Crippen molar-refractivity contribution < 1.29 is 0 Å². The van der Waals surface area contributed by atoms with Crippen LogP contribution in [0.4, 0.5) is 0 Å². The van der Waals surface area contributed by atoms with Gasteiger partial charge < -0.3 is 0 Å². The predicted octanol–water partition coefficient (Wildman–Crippen LogP) is 6.48. The van der Waals surface area contributed by atoms with Crippen molar-refractivity contribution in [2.75, 3.05) is 33.2 Å². The molecule has 3 aliphatic rings. The van der Waals surface area contributed by atoms with E-state index in [-0.39, 0.29) is 0 Å². The van der Waals surface area contributed by atoms with Crippen LogP contribution in [0.5, 0.6) is 0 Å². The molecule has 0 aromatic heterocycles. The summed E-state index contributed by atoms with van der Waals surface area (Å²) in [6, 6.07) is 0. The summed E-state index contributed by atoms with van der Waals surface area (Å²) in [7, 11) is 0. The molecule has 0 aromatic rings. The van der Waals surface area contributed by atoms with E-state index >= 15 is 0 Å². The first-order chi connectivity index (χ1) is 9.68. The topological polar surface area (TPSA) is 0 Å². The van der Waals surface area contributed by atoms with E-state index in [0.717, 1.165) is 13.7 Å². The van der Waals surface area contributed by atoms with Gasteiger partial charge in [0.25, 0.3) is 0 Å². The summed E-state index contributed by atoms with van der Waals surface area (Å²) < 4.78 is 2.60. The highest BCUT2D eigenvalue weighted by molar-refractivity contribution is 8.32. The van der Waals surface area contributed by atoms with E-state index in [1.165, 1.54) is 39.6 Å². The summed E-state index contributed by atoms with van der Waals surface area (Å²) in [6.07, 6.45) is 1.42. The fourth-order valence-corrected chi connectivity index (χ4v) is 10.9. The number of hydrogen-bond donors (Lipinski definition) is 0. The minimum atomic E-state index is 0.848. The Morgan fingerprint density at radius 1 is 0.550 bits per heavy atom. The van der Waals surface area contributed by atoms with E-state index in [2.05, 4.69) is 67.8 Å². The third-order valence-electron chi connectivity index (χ3n) is 2.55. The predicted molar refractivity (Wildman–Crippen MR) is 115 cm³/mol. The summed E-state index contributed by atoms with van der Waals surface area (Å²) in [6.45, 7) is 6.83. The minimum absolute atomic E-state index is 0.848. The van der Waals surface area contributed by atoms with E-state index in [4.69, 9.17) is 0 Å². The van der Waals surface area contributed by atoms with Gasteiger partial charge in [0, 0.05) is 35.4 Å². The quantitative estimate of drug-likeness (QED) is 0.446. The van der Waals surface area contributed by atoms with Gasteiger partial charge in [-0.25, -0.2) is 0 Å². The monoisotopic (exact) mass is 406 g/mol. The maximum Gasteiger partial charge on any atom is 0.0490 e. The molecule has 0 atom stereocenters. The molecule has 20 heavy (non-hydrogen) atoms. The summed E-state index contributed by atoms with van der Waals surface area (Å²) in [5.74, 6) is 5.50. The van der Waals surface area contributed by atoms with Crippen molar-refractivity contribution in [1.82, 2.24) is 0 Å². The Bertz CT molecular complexity index is 193. The third kappa shape index (κ3) is 11.9. The first kappa shape index (κ1) is 20.5. The van der Waals surface area contributed by atoms with Crippen LogP contribution in [0.15, 0.2) is 0 Å². The average Bonchev–Trinajstić information content (AvgIpc) is 2.93. The van der Waals surface area contributed by atoms with Gasteiger partial charge >= 0.3 is 0 Å². The maximum atomic E-state index is 2.29. The van der Waals surface area contributed by atoms with E-state index in [1.807, 2.05) is 35.3 Å². The summed E-state index contributed by atoms with van der Waals surface area (Å²) in [4.78, 5) is 0. The molecule has 0 aromatic carbocycles. The van der Waals surface area contributed by atoms with Gasteiger partial charge in [-0.15, -0.1) is 82.3 Å². The Morgan fingerprint density at radius 2 is 0.950 bits per heavy atom. The molecule has 0 aliphatic carbocycles. The number of thioether (sulfide) groups is 7. The van der Waals surface area contributed by atoms with Crippen LogP contribution in [0.25, 0.3) is 0 Å². The van der Waals surface area contributed by atoms with Crippen molar-refractivity contribution in [3.05, 3.63) is 0 Å². The van der Waals surface area contributed by atoms with Crippen LogP contribution in [-0.2, 0) is 0 Å². The highest BCUT2D eigenvalue weighted by Crippen LogP contribution is 2.35. The van der Waals surface area contributed by atoms with Crippen LogP contribution in [0, 0.1) is 0 Å². The Labute approximate surface area is 155 Å². The van der Waals surface area contributed by atoms with Gasteiger partial charge in [0.2, 0.25) is 0 Å². The van der Waals surface area contributed by atoms with E-state index in [0.29, 0.717) is 0 Å². The van der Waals surface area contributed by atoms with E-state index < -0.39 is 0 Å². The molecular weight excluding hydrogens is 381 g/mol. The first-order valence-electron chi connectivity index (χ1n) is 6.96. The molecule has 0 N–H and O–H groups in total. The van der Waals surface area contributed by atoms with Crippen molar-refractivity contribution in [3.8, 4) is 0 Å². The molecule has 3 rings (SSSR count). The average molecular weight is 407 g/mol. The zero-order valence-corrected chi connectivity index (χ0v) is 18.3. The summed E-state index contributed by atoms with van der Waals surface area (Å²) in [5.41, 5.74) is 0. The van der Waals surface area contributed by atoms with Gasteiger partial charge in [-0.3, -0.25) is 0 Å². The SMILES string of the molecule is CC1SCCCS1.CC1SCCS1.CC1SCSCS1. The van der Waals surface area contributed by atoms with Crippen molar-refractivity contribution >= 4 is 82.3 Å². The molecule has 3 aliphatic heterocycles. The highest BCUT2D eigenvalue weighted by atomic mass is 32.3.